The van der Waals surface area contributed by atoms with Gasteiger partial charge in [0.1, 0.15) is 6.04 Å². The first kappa shape index (κ1) is 21.5. The molecule has 13 heteroatoms. The van der Waals surface area contributed by atoms with E-state index in [1.807, 2.05) is 0 Å². The molecule has 12 nitrogen and oxygen atoms in total. The lowest BCUT2D eigenvalue weighted by Crippen LogP contribution is -2.31. The number of carboxylic acid groups (broad SMARTS) is 2. The minimum absolute atomic E-state index is 0.283. The van der Waals surface area contributed by atoms with Crippen molar-refractivity contribution >= 4 is 25.0 Å². The van der Waals surface area contributed by atoms with E-state index in [4.69, 9.17) is 20.7 Å². The van der Waals surface area contributed by atoms with Crippen molar-refractivity contribution in [3.63, 3.8) is 0 Å². The van der Waals surface area contributed by atoms with Crippen molar-refractivity contribution in [1.82, 2.24) is 0 Å². The molecule has 0 amide bonds. The average Bonchev–Trinajstić information content (AvgIpc) is 2.56. The summed E-state index contributed by atoms with van der Waals surface area (Å²) in [5.41, 5.74) is 4.25. The molecule has 3 atom stereocenters. The van der Waals surface area contributed by atoms with Crippen LogP contribution in [0.2, 0.25) is 0 Å². The number of benzene rings is 1. The molecule has 0 bridgehead atoms. The van der Waals surface area contributed by atoms with Gasteiger partial charge in [-0.25, -0.2) is 4.79 Å². The Balaban J connectivity index is 3.04. The Hall–Kier alpha value is -2.53. The number of aliphatic carboxylic acids is 2. The molecule has 0 spiro atoms. The standard InChI is InChI=1S/C13H17N2O10P/c14-8(12(18)19)3-4-26(23,24)13(20)7-1-2-10(25-6-11(16)17)9(5-7)15(21)22/h1-2,5,8,13,20H,3-4,6,14H2,(H,16,17)(H,18,19)(H,23,24)/t8-,13?/m1/s1. The first-order valence-corrected chi connectivity index (χ1v) is 8.98. The summed E-state index contributed by atoms with van der Waals surface area (Å²) >= 11 is 0. The van der Waals surface area contributed by atoms with Crippen LogP contribution >= 0.6 is 7.37 Å². The Morgan fingerprint density at radius 1 is 1.35 bits per heavy atom. The van der Waals surface area contributed by atoms with Gasteiger partial charge in [-0.05, 0) is 18.1 Å². The fourth-order valence-electron chi connectivity index (χ4n) is 1.90. The summed E-state index contributed by atoms with van der Waals surface area (Å²) in [4.78, 5) is 41.2. The Labute approximate surface area is 146 Å². The first-order valence-electron chi connectivity index (χ1n) is 7.06. The van der Waals surface area contributed by atoms with Crippen LogP contribution in [0.5, 0.6) is 5.75 Å². The summed E-state index contributed by atoms with van der Waals surface area (Å²) in [5.74, 6) is -5.15. The van der Waals surface area contributed by atoms with Crippen molar-refractivity contribution in [2.24, 2.45) is 5.73 Å². The third-order valence-corrected chi connectivity index (χ3v) is 5.25. The molecule has 0 heterocycles. The molecule has 1 aromatic carbocycles. The number of aliphatic hydroxyl groups excluding tert-OH is 1. The number of hydrogen-bond donors (Lipinski definition) is 5. The van der Waals surface area contributed by atoms with Gasteiger partial charge in [-0.2, -0.15) is 0 Å². The Morgan fingerprint density at radius 3 is 2.46 bits per heavy atom. The maximum atomic E-state index is 12.2. The van der Waals surface area contributed by atoms with Gasteiger partial charge >= 0.3 is 17.6 Å². The van der Waals surface area contributed by atoms with Crippen LogP contribution in [-0.2, 0) is 14.2 Å². The summed E-state index contributed by atoms with van der Waals surface area (Å²) in [6.45, 7) is -0.839. The van der Waals surface area contributed by atoms with Gasteiger partial charge in [0.2, 0.25) is 7.37 Å². The third kappa shape index (κ3) is 5.77. The fraction of sp³-hybridized carbons (Fsp3) is 0.385. The number of carboxylic acids is 2. The second kappa shape index (κ2) is 8.72. The van der Waals surface area contributed by atoms with E-state index in [0.29, 0.717) is 0 Å². The van der Waals surface area contributed by atoms with Crippen LogP contribution in [0, 0.1) is 10.1 Å². The van der Waals surface area contributed by atoms with Crippen molar-refractivity contribution in [1.29, 1.82) is 0 Å². The molecule has 0 aromatic heterocycles. The van der Waals surface area contributed by atoms with Crippen molar-refractivity contribution < 1.29 is 44.0 Å². The van der Waals surface area contributed by atoms with Gasteiger partial charge in [-0.15, -0.1) is 0 Å². The SMILES string of the molecule is N[C@H](CCP(=O)(O)C(O)c1ccc(OCC(=O)O)c([N+](=O)[O-])c1)C(=O)O. The lowest BCUT2D eigenvalue weighted by molar-refractivity contribution is -0.385. The first-order chi connectivity index (χ1) is 12.0. The number of nitrogens with two attached hydrogens (primary N) is 1. The van der Waals surface area contributed by atoms with Crippen molar-refractivity contribution in [2.75, 3.05) is 12.8 Å². The van der Waals surface area contributed by atoms with Gasteiger partial charge in [0, 0.05) is 12.2 Å². The highest BCUT2D eigenvalue weighted by atomic mass is 31.2. The van der Waals surface area contributed by atoms with Gasteiger partial charge in [0.15, 0.2) is 18.2 Å². The topological polar surface area (TPSA) is 211 Å². The van der Waals surface area contributed by atoms with E-state index in [9.17, 15) is 34.3 Å². The quantitative estimate of drug-likeness (QED) is 0.205. The van der Waals surface area contributed by atoms with Crippen LogP contribution in [0.15, 0.2) is 18.2 Å². The number of ether oxygens (including phenoxy) is 1. The van der Waals surface area contributed by atoms with E-state index in [1.54, 1.807) is 0 Å². The minimum atomic E-state index is -4.34. The lowest BCUT2D eigenvalue weighted by atomic mass is 10.2. The van der Waals surface area contributed by atoms with E-state index < -0.39 is 60.3 Å². The van der Waals surface area contributed by atoms with Crippen molar-refractivity contribution in [3.8, 4) is 5.75 Å². The third-order valence-electron chi connectivity index (χ3n) is 3.29. The molecule has 144 valence electrons. The number of nitro groups is 1. The van der Waals surface area contributed by atoms with Crippen LogP contribution < -0.4 is 10.5 Å². The zero-order valence-electron chi connectivity index (χ0n) is 13.2. The smallest absolute Gasteiger partial charge is 0.341 e. The second-order valence-electron chi connectivity index (χ2n) is 5.25. The highest BCUT2D eigenvalue weighted by Gasteiger charge is 2.33. The predicted octanol–water partition coefficient (Wildman–Crippen LogP) is 0.121. The van der Waals surface area contributed by atoms with E-state index in [0.717, 1.165) is 18.2 Å². The van der Waals surface area contributed by atoms with E-state index >= 15 is 0 Å². The summed E-state index contributed by atoms with van der Waals surface area (Å²) in [6.07, 6.45) is -1.01. The molecular weight excluding hydrogens is 375 g/mol. The molecule has 26 heavy (non-hydrogen) atoms. The van der Waals surface area contributed by atoms with Gasteiger partial charge in [0.25, 0.3) is 0 Å². The summed E-state index contributed by atoms with van der Waals surface area (Å²) in [6, 6.07) is 1.43. The van der Waals surface area contributed by atoms with E-state index in [-0.39, 0.29) is 12.0 Å². The molecule has 0 aliphatic rings. The van der Waals surface area contributed by atoms with Crippen LogP contribution in [-0.4, -0.2) is 55.9 Å². The molecule has 0 radical (unpaired) electrons. The van der Waals surface area contributed by atoms with Gasteiger partial charge in [-0.3, -0.25) is 19.5 Å². The van der Waals surface area contributed by atoms with Crippen LogP contribution in [0.25, 0.3) is 0 Å². The monoisotopic (exact) mass is 392 g/mol. The molecule has 0 aliphatic carbocycles. The van der Waals surface area contributed by atoms with E-state index in [1.165, 1.54) is 0 Å². The second-order valence-corrected chi connectivity index (χ2v) is 7.70. The van der Waals surface area contributed by atoms with Crippen LogP contribution in [0.4, 0.5) is 5.69 Å². The molecule has 0 aliphatic heterocycles. The molecule has 0 saturated heterocycles. The van der Waals surface area contributed by atoms with Gasteiger partial charge < -0.3 is 30.7 Å². The molecule has 0 fully saturated rings. The molecule has 2 unspecified atom stereocenters. The Kier molecular flexibility index (Phi) is 7.21. The molecule has 6 N–H and O–H groups in total. The number of aliphatic hydroxyl groups is 1. The van der Waals surface area contributed by atoms with Crippen molar-refractivity contribution in [3.05, 3.63) is 33.9 Å². The zero-order chi connectivity index (χ0) is 20.1. The largest absolute Gasteiger partial charge is 0.480 e. The number of nitro benzene ring substituents is 1. The lowest BCUT2D eigenvalue weighted by Gasteiger charge is -2.19. The Morgan fingerprint density at radius 2 is 1.96 bits per heavy atom. The van der Waals surface area contributed by atoms with E-state index in [2.05, 4.69) is 0 Å². The maximum Gasteiger partial charge on any atom is 0.341 e. The zero-order valence-corrected chi connectivity index (χ0v) is 14.1. The molecule has 1 aromatic rings. The van der Waals surface area contributed by atoms with Gasteiger partial charge in [0.05, 0.1) is 4.92 Å². The number of hydrogen-bond acceptors (Lipinski definition) is 8. The number of rotatable bonds is 10. The summed E-state index contributed by atoms with van der Waals surface area (Å²) in [5, 5.41) is 38.3. The Bertz CT molecular complexity index is 752. The number of carbonyl (C=O) groups is 2. The summed E-state index contributed by atoms with van der Waals surface area (Å²) < 4.78 is 17.0. The van der Waals surface area contributed by atoms with Crippen LogP contribution in [0.1, 0.15) is 17.8 Å². The minimum Gasteiger partial charge on any atom is -0.480 e. The highest BCUT2D eigenvalue weighted by Crippen LogP contribution is 2.55. The average molecular weight is 392 g/mol. The molecule has 0 saturated carbocycles. The maximum absolute atomic E-state index is 12.2. The fourth-order valence-corrected chi connectivity index (χ4v) is 3.42. The normalized spacial score (nSPS) is 15.5. The number of nitrogens with zero attached hydrogens (tertiary/aromatic N) is 1. The molecular formula is C13H17N2O10P. The molecule has 1 rings (SSSR count). The van der Waals surface area contributed by atoms with Crippen molar-refractivity contribution in [2.45, 2.75) is 18.3 Å². The predicted molar refractivity (Wildman–Crippen MR) is 86.1 cm³/mol. The summed E-state index contributed by atoms with van der Waals surface area (Å²) in [7, 11) is -4.34. The van der Waals surface area contributed by atoms with Crippen LogP contribution in [0.3, 0.4) is 0 Å². The van der Waals surface area contributed by atoms with Gasteiger partial charge in [-0.1, -0.05) is 6.07 Å². The highest BCUT2D eigenvalue weighted by molar-refractivity contribution is 7.58.